The van der Waals surface area contributed by atoms with Crippen LogP contribution >= 0.6 is 0 Å². The first-order valence-electron chi connectivity index (χ1n) is 9.61. The van der Waals surface area contributed by atoms with E-state index in [0.717, 1.165) is 12.8 Å². The number of rotatable bonds is 4. The van der Waals surface area contributed by atoms with Crippen molar-refractivity contribution in [2.45, 2.75) is 84.3 Å². The van der Waals surface area contributed by atoms with E-state index in [4.69, 9.17) is 14.9 Å². The van der Waals surface area contributed by atoms with E-state index >= 15 is 0 Å². The molecule has 0 aromatic carbocycles. The summed E-state index contributed by atoms with van der Waals surface area (Å²) in [4.78, 5) is 33.5. The molecular weight excluding hydrogens is 352 g/mol. The normalized spacial score (nSPS) is 22.2. The minimum absolute atomic E-state index is 0.380. The molecule has 1 saturated carbocycles. The van der Waals surface area contributed by atoms with Crippen LogP contribution in [0.3, 0.4) is 0 Å². The molecule has 0 aromatic rings. The Labute approximate surface area is 162 Å². The van der Waals surface area contributed by atoms with Crippen molar-refractivity contribution in [3.05, 3.63) is 12.3 Å². The van der Waals surface area contributed by atoms with Crippen LogP contribution in [0, 0.1) is 0 Å². The van der Waals surface area contributed by atoms with Crippen LogP contribution in [0.2, 0.25) is 0 Å². The Balaban J connectivity index is 0. The fourth-order valence-electron chi connectivity index (χ4n) is 2.44. The lowest BCUT2D eigenvalue weighted by molar-refractivity contribution is -0.152. The van der Waals surface area contributed by atoms with E-state index in [0.29, 0.717) is 38.3 Å². The van der Waals surface area contributed by atoms with E-state index in [1.54, 1.807) is 0 Å². The summed E-state index contributed by atoms with van der Waals surface area (Å²) in [5.74, 6) is -1.31. The summed E-state index contributed by atoms with van der Waals surface area (Å²) in [6.45, 7) is 8.00. The maximum Gasteiger partial charge on any atom is 0.323 e. The Kier molecular flexibility index (Phi) is 16.7. The van der Waals surface area contributed by atoms with Gasteiger partial charge in [0.2, 0.25) is 0 Å². The second-order valence-corrected chi connectivity index (χ2v) is 5.47. The highest BCUT2D eigenvalue weighted by Crippen LogP contribution is 2.25. The minimum Gasteiger partial charge on any atom is -0.366 e. The first kappa shape index (κ1) is 27.4. The number of aldehydes is 2. The summed E-state index contributed by atoms with van der Waals surface area (Å²) in [6, 6.07) is -0.380. The Bertz CT molecular complexity index is 432. The van der Waals surface area contributed by atoms with E-state index in [2.05, 4.69) is 5.32 Å². The first-order valence-corrected chi connectivity index (χ1v) is 9.61. The molecule has 1 heterocycles. The molecule has 2 fully saturated rings. The van der Waals surface area contributed by atoms with Crippen LogP contribution in [0.25, 0.3) is 0 Å². The number of aliphatic hydroxyl groups is 2. The second kappa shape index (κ2) is 16.4. The number of amides is 2. The Morgan fingerprint density at radius 1 is 1.11 bits per heavy atom. The maximum absolute atomic E-state index is 11.5. The number of hydrogen-bond acceptors (Lipinski definition) is 6. The maximum atomic E-state index is 11.5. The van der Waals surface area contributed by atoms with Crippen LogP contribution in [0.1, 0.15) is 66.2 Å². The van der Waals surface area contributed by atoms with Crippen molar-refractivity contribution in [1.29, 1.82) is 0 Å². The topological polar surface area (TPSA) is 116 Å². The summed E-state index contributed by atoms with van der Waals surface area (Å²) in [5, 5.41) is 19.9. The zero-order chi connectivity index (χ0) is 21.3. The number of hydrogen-bond donors (Lipinski definition) is 3. The number of nitrogens with zero attached hydrogens (tertiary/aromatic N) is 1. The molecule has 0 radical (unpaired) electrons. The molecule has 3 N–H and O–H groups in total. The van der Waals surface area contributed by atoms with Gasteiger partial charge in [-0.2, -0.15) is 0 Å². The molecule has 8 heteroatoms. The third-order valence-electron chi connectivity index (χ3n) is 3.67. The molecule has 2 amide bonds. The van der Waals surface area contributed by atoms with Crippen LogP contribution in [0.15, 0.2) is 12.3 Å². The number of allylic oxidation sites excluding steroid dienone is 1. The molecule has 158 valence electrons. The Morgan fingerprint density at radius 3 is 2.00 bits per heavy atom. The van der Waals surface area contributed by atoms with Gasteiger partial charge in [0.1, 0.15) is 24.9 Å². The molecule has 2 aliphatic rings. The van der Waals surface area contributed by atoms with Gasteiger partial charge in [-0.25, -0.2) is 4.79 Å². The van der Waals surface area contributed by atoms with Gasteiger partial charge in [0, 0.05) is 26.1 Å². The van der Waals surface area contributed by atoms with Crippen LogP contribution in [-0.2, 0) is 14.3 Å². The van der Waals surface area contributed by atoms with E-state index in [1.165, 1.54) is 24.2 Å². The standard InChI is InChI=1S/C10H14N2O4.C5H10O2.2C2H6/c1-11-10(15)12(5-2-6-13)9-4-3-8(7-14)16-9;6-5(7)3-1-2-4-5;2*1-2/h2,5-9H,3-4H2,1H3,(H,11,15);6-7H,1-4H2;2*1-2H3/b5-2-;;;. The average molecular weight is 389 g/mol. The highest BCUT2D eigenvalue weighted by atomic mass is 16.5. The molecule has 0 bridgehead atoms. The van der Waals surface area contributed by atoms with Crippen LogP contribution < -0.4 is 5.32 Å². The van der Waals surface area contributed by atoms with Gasteiger partial charge in [0.05, 0.1) is 0 Å². The molecule has 1 aliphatic carbocycles. The van der Waals surface area contributed by atoms with Gasteiger partial charge in [-0.3, -0.25) is 9.69 Å². The molecule has 1 aliphatic heterocycles. The molecule has 8 nitrogen and oxygen atoms in total. The number of nitrogens with one attached hydrogen (secondary N) is 1. The van der Waals surface area contributed by atoms with Crippen molar-refractivity contribution in [3.8, 4) is 0 Å². The quantitative estimate of drug-likeness (QED) is 0.387. The van der Waals surface area contributed by atoms with Gasteiger partial charge in [0.15, 0.2) is 5.79 Å². The monoisotopic (exact) mass is 388 g/mol. The molecule has 1 saturated heterocycles. The fourth-order valence-corrected chi connectivity index (χ4v) is 2.44. The van der Waals surface area contributed by atoms with Gasteiger partial charge in [-0.05, 0) is 31.8 Å². The van der Waals surface area contributed by atoms with E-state index in [1.807, 2.05) is 27.7 Å². The average Bonchev–Trinajstić information content (AvgIpc) is 3.34. The predicted octanol–water partition coefficient (Wildman–Crippen LogP) is 2.34. The smallest absolute Gasteiger partial charge is 0.323 e. The SMILES string of the molecule is CC.CC.CNC(=O)N(/C=C\C=O)C1CCC(C=O)O1.OC1(O)CCCC1. The fraction of sp³-hybridized carbons (Fsp3) is 0.737. The third kappa shape index (κ3) is 11.5. The van der Waals surface area contributed by atoms with E-state index < -0.39 is 18.1 Å². The van der Waals surface area contributed by atoms with Gasteiger partial charge < -0.3 is 25.1 Å². The van der Waals surface area contributed by atoms with Gasteiger partial charge >= 0.3 is 6.03 Å². The van der Waals surface area contributed by atoms with Crippen molar-refractivity contribution in [1.82, 2.24) is 10.2 Å². The minimum atomic E-state index is -1.31. The number of urea groups is 1. The van der Waals surface area contributed by atoms with Gasteiger partial charge in [-0.1, -0.05) is 27.7 Å². The highest BCUT2D eigenvalue weighted by molar-refractivity contribution is 5.76. The van der Waals surface area contributed by atoms with Crippen molar-refractivity contribution >= 4 is 18.6 Å². The van der Waals surface area contributed by atoms with E-state index in [9.17, 15) is 14.4 Å². The Hall–Kier alpha value is -1.77. The van der Waals surface area contributed by atoms with Crippen molar-refractivity contribution in [2.24, 2.45) is 0 Å². The first-order chi connectivity index (χ1) is 12.9. The lowest BCUT2D eigenvalue weighted by atomic mass is 10.2. The number of carbonyl (C=O) groups is 3. The second-order valence-electron chi connectivity index (χ2n) is 5.47. The highest BCUT2D eigenvalue weighted by Gasteiger charge is 2.31. The lowest BCUT2D eigenvalue weighted by Gasteiger charge is -2.24. The van der Waals surface area contributed by atoms with Crippen LogP contribution in [-0.4, -0.2) is 58.9 Å². The van der Waals surface area contributed by atoms with Crippen molar-refractivity contribution < 1.29 is 29.3 Å². The van der Waals surface area contributed by atoms with Gasteiger partial charge in [-0.15, -0.1) is 0 Å². The third-order valence-corrected chi connectivity index (χ3v) is 3.67. The summed E-state index contributed by atoms with van der Waals surface area (Å²) in [5.41, 5.74) is 0. The number of carbonyl (C=O) groups excluding carboxylic acids is 3. The van der Waals surface area contributed by atoms with Gasteiger partial charge in [0.25, 0.3) is 0 Å². The molecule has 0 aromatic heterocycles. The molecule has 2 atom stereocenters. The summed E-state index contributed by atoms with van der Waals surface area (Å²) < 4.78 is 5.32. The van der Waals surface area contributed by atoms with Crippen molar-refractivity contribution in [3.63, 3.8) is 0 Å². The molecule has 0 spiro atoms. The largest absolute Gasteiger partial charge is 0.366 e. The zero-order valence-corrected chi connectivity index (χ0v) is 17.2. The van der Waals surface area contributed by atoms with Crippen LogP contribution in [0.4, 0.5) is 4.79 Å². The van der Waals surface area contributed by atoms with Crippen molar-refractivity contribution in [2.75, 3.05) is 7.05 Å². The lowest BCUT2D eigenvalue weighted by Crippen LogP contribution is -2.41. The molecule has 2 unspecified atom stereocenters. The summed E-state index contributed by atoms with van der Waals surface area (Å²) >= 11 is 0. The molecule has 2 rings (SSSR count). The van der Waals surface area contributed by atoms with E-state index in [-0.39, 0.29) is 6.03 Å². The molecule has 27 heavy (non-hydrogen) atoms. The molecular formula is C19H36N2O6. The number of ether oxygens (including phenoxy) is 1. The predicted molar refractivity (Wildman–Crippen MR) is 104 cm³/mol. The zero-order valence-electron chi connectivity index (χ0n) is 17.2. The summed E-state index contributed by atoms with van der Waals surface area (Å²) in [6.07, 6.45) is 7.06. The summed E-state index contributed by atoms with van der Waals surface area (Å²) in [7, 11) is 1.48. The Morgan fingerprint density at radius 2 is 1.67 bits per heavy atom. The van der Waals surface area contributed by atoms with Crippen LogP contribution in [0.5, 0.6) is 0 Å².